The van der Waals surface area contributed by atoms with Gasteiger partial charge in [-0.05, 0) is 51.6 Å². The Balaban J connectivity index is 0.00000220. The molecule has 1 atom stereocenters. The highest BCUT2D eigenvalue weighted by Gasteiger charge is 2.58. The van der Waals surface area contributed by atoms with Gasteiger partial charge in [0.15, 0.2) is 0 Å². The lowest BCUT2D eigenvalue weighted by Crippen LogP contribution is -2.42. The average molecular weight is 318 g/mol. The number of nitrogens with zero attached hydrogens (tertiary/aromatic N) is 2. The summed E-state index contributed by atoms with van der Waals surface area (Å²) in [4.78, 5) is 27.9. The summed E-state index contributed by atoms with van der Waals surface area (Å²) in [6, 6.07) is 0. The maximum Gasteiger partial charge on any atom is 0.242 e. The number of hydrogen-bond acceptors (Lipinski definition) is 3. The molecule has 1 aliphatic carbocycles. The normalized spacial score (nSPS) is 22.3. The molecule has 0 radical (unpaired) electrons. The van der Waals surface area contributed by atoms with E-state index in [1.165, 1.54) is 0 Å². The molecule has 1 N–H and O–H groups in total. The second-order valence-corrected chi connectivity index (χ2v) is 6.13. The Labute approximate surface area is 133 Å². The number of halogens is 1. The lowest BCUT2D eigenvalue weighted by atomic mass is 9.91. The standard InChI is InChI=1S/C15H27N3O2.ClH/c1-4-18(5-2)13(19)11-17(3)14(20)12-10-15(12)6-8-16-9-7-15;/h12,16H,4-11H2,1-3H3;1H. The van der Waals surface area contributed by atoms with E-state index in [4.69, 9.17) is 0 Å². The Hall–Kier alpha value is -0.810. The zero-order chi connectivity index (χ0) is 14.8. The topological polar surface area (TPSA) is 52.7 Å². The smallest absolute Gasteiger partial charge is 0.242 e. The first-order chi connectivity index (χ1) is 9.54. The van der Waals surface area contributed by atoms with Crippen molar-refractivity contribution in [3.8, 4) is 0 Å². The average Bonchev–Trinajstić information content (AvgIpc) is 3.13. The molecule has 0 bridgehead atoms. The Kier molecular flexibility index (Phi) is 6.47. The van der Waals surface area contributed by atoms with Gasteiger partial charge in [-0.3, -0.25) is 9.59 Å². The van der Waals surface area contributed by atoms with E-state index in [-0.39, 0.29) is 42.1 Å². The van der Waals surface area contributed by atoms with E-state index in [0.717, 1.165) is 32.4 Å². The Morgan fingerprint density at radius 1 is 1.19 bits per heavy atom. The van der Waals surface area contributed by atoms with Crippen LogP contribution in [0.1, 0.15) is 33.1 Å². The summed E-state index contributed by atoms with van der Waals surface area (Å²) < 4.78 is 0. The number of rotatable bonds is 5. The van der Waals surface area contributed by atoms with E-state index >= 15 is 0 Å². The summed E-state index contributed by atoms with van der Waals surface area (Å²) in [6.07, 6.45) is 3.21. The second kappa shape index (κ2) is 7.45. The van der Waals surface area contributed by atoms with E-state index in [1.807, 2.05) is 13.8 Å². The van der Waals surface area contributed by atoms with Crippen LogP contribution >= 0.6 is 12.4 Å². The van der Waals surface area contributed by atoms with Crippen LogP contribution in [0.4, 0.5) is 0 Å². The van der Waals surface area contributed by atoms with E-state index in [0.29, 0.717) is 13.1 Å². The van der Waals surface area contributed by atoms with Crippen LogP contribution in [0.3, 0.4) is 0 Å². The molecule has 1 heterocycles. The third kappa shape index (κ3) is 3.89. The number of likely N-dealkylation sites (N-methyl/N-ethyl adjacent to an activating group) is 2. The van der Waals surface area contributed by atoms with E-state index in [9.17, 15) is 9.59 Å². The molecule has 2 aliphatic rings. The van der Waals surface area contributed by atoms with Crippen molar-refractivity contribution in [1.29, 1.82) is 0 Å². The predicted octanol–water partition coefficient (Wildman–Crippen LogP) is 1.12. The SMILES string of the molecule is CCN(CC)C(=O)CN(C)C(=O)C1CC12CCNCC2.Cl. The number of piperidine rings is 1. The molecule has 21 heavy (non-hydrogen) atoms. The van der Waals surface area contributed by atoms with E-state index in [1.54, 1.807) is 16.8 Å². The van der Waals surface area contributed by atoms with Gasteiger partial charge in [-0.25, -0.2) is 0 Å². The molecule has 1 saturated carbocycles. The first-order valence-corrected chi connectivity index (χ1v) is 7.77. The van der Waals surface area contributed by atoms with Crippen molar-refractivity contribution in [1.82, 2.24) is 15.1 Å². The summed E-state index contributed by atoms with van der Waals surface area (Å²) in [5, 5.41) is 3.35. The zero-order valence-corrected chi connectivity index (χ0v) is 14.2. The van der Waals surface area contributed by atoms with E-state index in [2.05, 4.69) is 5.32 Å². The predicted molar refractivity (Wildman–Crippen MR) is 85.5 cm³/mol. The van der Waals surface area contributed by atoms with Crippen LogP contribution in [0, 0.1) is 11.3 Å². The molecule has 1 unspecified atom stereocenters. The quantitative estimate of drug-likeness (QED) is 0.827. The molecule has 2 amide bonds. The third-order valence-corrected chi connectivity index (χ3v) is 4.95. The maximum absolute atomic E-state index is 12.4. The molecule has 5 nitrogen and oxygen atoms in total. The van der Waals surface area contributed by atoms with Crippen LogP contribution in [0.2, 0.25) is 0 Å². The van der Waals surface area contributed by atoms with Gasteiger partial charge in [-0.15, -0.1) is 12.4 Å². The minimum atomic E-state index is 0. The van der Waals surface area contributed by atoms with E-state index < -0.39 is 0 Å². The number of carbonyl (C=O) groups excluding carboxylic acids is 2. The van der Waals surface area contributed by atoms with Crippen molar-refractivity contribution >= 4 is 24.2 Å². The fraction of sp³-hybridized carbons (Fsp3) is 0.867. The molecular weight excluding hydrogens is 290 g/mol. The molecule has 2 rings (SSSR count). The van der Waals surface area contributed by atoms with Crippen molar-refractivity contribution < 1.29 is 9.59 Å². The Bertz CT molecular complexity index is 379. The summed E-state index contributed by atoms with van der Waals surface area (Å²) in [6.45, 7) is 7.60. The van der Waals surface area contributed by atoms with Gasteiger partial charge in [0.2, 0.25) is 11.8 Å². The van der Waals surface area contributed by atoms with Crippen molar-refractivity contribution in [2.45, 2.75) is 33.1 Å². The molecule has 1 spiro atoms. The molecular formula is C15H28ClN3O2. The lowest BCUT2D eigenvalue weighted by molar-refractivity contribution is -0.140. The maximum atomic E-state index is 12.4. The minimum absolute atomic E-state index is 0. The van der Waals surface area contributed by atoms with Crippen molar-refractivity contribution in [3.05, 3.63) is 0 Å². The van der Waals surface area contributed by atoms with Gasteiger partial charge < -0.3 is 15.1 Å². The molecule has 1 aliphatic heterocycles. The first kappa shape index (κ1) is 18.2. The number of amides is 2. The van der Waals surface area contributed by atoms with Gasteiger partial charge in [0.05, 0.1) is 6.54 Å². The summed E-state index contributed by atoms with van der Waals surface area (Å²) >= 11 is 0. The van der Waals surface area contributed by atoms with Crippen molar-refractivity contribution in [3.63, 3.8) is 0 Å². The number of carbonyl (C=O) groups is 2. The highest BCUT2D eigenvalue weighted by Crippen LogP contribution is 2.59. The third-order valence-electron chi connectivity index (χ3n) is 4.95. The minimum Gasteiger partial charge on any atom is -0.342 e. The molecule has 0 aromatic heterocycles. The summed E-state index contributed by atoms with van der Waals surface area (Å²) in [5.41, 5.74) is 0.245. The number of nitrogens with one attached hydrogen (secondary N) is 1. The summed E-state index contributed by atoms with van der Waals surface area (Å²) in [5.74, 6) is 0.359. The van der Waals surface area contributed by atoms with Crippen LogP contribution < -0.4 is 5.32 Å². The van der Waals surface area contributed by atoms with Crippen LogP contribution in [-0.4, -0.2) is 61.4 Å². The molecule has 6 heteroatoms. The molecule has 0 aromatic carbocycles. The Morgan fingerprint density at radius 2 is 1.76 bits per heavy atom. The van der Waals surface area contributed by atoms with Crippen LogP contribution in [-0.2, 0) is 9.59 Å². The molecule has 1 saturated heterocycles. The van der Waals surface area contributed by atoms with Crippen LogP contribution in [0.15, 0.2) is 0 Å². The monoisotopic (exact) mass is 317 g/mol. The lowest BCUT2D eigenvalue weighted by Gasteiger charge is -2.26. The Morgan fingerprint density at radius 3 is 2.29 bits per heavy atom. The highest BCUT2D eigenvalue weighted by molar-refractivity contribution is 5.87. The summed E-state index contributed by atoms with van der Waals surface area (Å²) in [7, 11) is 1.76. The largest absolute Gasteiger partial charge is 0.342 e. The van der Waals surface area contributed by atoms with Crippen LogP contribution in [0.25, 0.3) is 0 Å². The fourth-order valence-electron chi connectivity index (χ4n) is 3.40. The highest BCUT2D eigenvalue weighted by atomic mass is 35.5. The first-order valence-electron chi connectivity index (χ1n) is 7.77. The molecule has 0 aromatic rings. The van der Waals surface area contributed by atoms with Gasteiger partial charge in [0, 0.05) is 26.1 Å². The van der Waals surface area contributed by atoms with Gasteiger partial charge in [-0.1, -0.05) is 0 Å². The van der Waals surface area contributed by atoms with Gasteiger partial charge in [0.25, 0.3) is 0 Å². The van der Waals surface area contributed by atoms with Gasteiger partial charge in [-0.2, -0.15) is 0 Å². The molecule has 2 fully saturated rings. The fourth-order valence-corrected chi connectivity index (χ4v) is 3.40. The second-order valence-electron chi connectivity index (χ2n) is 6.13. The zero-order valence-electron chi connectivity index (χ0n) is 13.4. The van der Waals surface area contributed by atoms with Crippen molar-refractivity contribution in [2.75, 3.05) is 39.8 Å². The van der Waals surface area contributed by atoms with Gasteiger partial charge in [0.1, 0.15) is 0 Å². The number of hydrogen-bond donors (Lipinski definition) is 1. The van der Waals surface area contributed by atoms with Crippen molar-refractivity contribution in [2.24, 2.45) is 11.3 Å². The van der Waals surface area contributed by atoms with Gasteiger partial charge >= 0.3 is 0 Å². The van der Waals surface area contributed by atoms with Crippen LogP contribution in [0.5, 0.6) is 0 Å². The molecule has 122 valence electrons.